The summed E-state index contributed by atoms with van der Waals surface area (Å²) in [6, 6.07) is 17.5. The topological polar surface area (TPSA) is 0 Å². The standard InChI is InChI=1S/C17H20S2/c1-3-19-17-11-7-5-9-15(17)13-12-14-8-4-6-10-16(14)18-2/h4-11H,3,12-13H2,1-2H3. The SMILES string of the molecule is CCSc1ccccc1CCc1ccccc1SC. The summed E-state index contributed by atoms with van der Waals surface area (Å²) >= 11 is 3.78. The lowest BCUT2D eigenvalue weighted by atomic mass is 10.0. The van der Waals surface area contributed by atoms with Crippen LogP contribution in [0.25, 0.3) is 0 Å². The monoisotopic (exact) mass is 288 g/mol. The van der Waals surface area contributed by atoms with Crippen LogP contribution in [-0.4, -0.2) is 12.0 Å². The minimum absolute atomic E-state index is 1.12. The van der Waals surface area contributed by atoms with Crippen LogP contribution >= 0.6 is 23.5 Å². The molecule has 0 amide bonds. The van der Waals surface area contributed by atoms with E-state index in [4.69, 9.17) is 0 Å². The van der Waals surface area contributed by atoms with Crippen molar-refractivity contribution in [3.8, 4) is 0 Å². The maximum absolute atomic E-state index is 2.26. The maximum atomic E-state index is 2.26. The van der Waals surface area contributed by atoms with Gasteiger partial charge in [0.25, 0.3) is 0 Å². The third kappa shape index (κ3) is 4.05. The lowest BCUT2D eigenvalue weighted by Gasteiger charge is -2.10. The van der Waals surface area contributed by atoms with Gasteiger partial charge in [0, 0.05) is 9.79 Å². The zero-order chi connectivity index (χ0) is 13.5. The van der Waals surface area contributed by atoms with Crippen LogP contribution in [0, 0.1) is 0 Å². The molecule has 0 bridgehead atoms. The number of benzene rings is 2. The van der Waals surface area contributed by atoms with E-state index in [2.05, 4.69) is 61.7 Å². The van der Waals surface area contributed by atoms with Gasteiger partial charge in [-0.15, -0.1) is 23.5 Å². The van der Waals surface area contributed by atoms with Gasteiger partial charge >= 0.3 is 0 Å². The summed E-state index contributed by atoms with van der Waals surface area (Å²) in [7, 11) is 0. The predicted octanol–water partition coefficient (Wildman–Crippen LogP) is 5.31. The summed E-state index contributed by atoms with van der Waals surface area (Å²) in [6.07, 6.45) is 4.40. The molecule has 0 spiro atoms. The molecule has 0 aromatic heterocycles. The molecular weight excluding hydrogens is 268 g/mol. The smallest absolute Gasteiger partial charge is 0.0104 e. The molecule has 0 unspecified atom stereocenters. The zero-order valence-electron chi connectivity index (χ0n) is 11.6. The maximum Gasteiger partial charge on any atom is 0.0104 e. The lowest BCUT2D eigenvalue weighted by molar-refractivity contribution is 0.914. The van der Waals surface area contributed by atoms with E-state index in [1.807, 2.05) is 23.5 Å². The Hall–Kier alpha value is -0.860. The van der Waals surface area contributed by atoms with Crippen LogP contribution in [0.2, 0.25) is 0 Å². The fourth-order valence-corrected chi connectivity index (χ4v) is 3.67. The van der Waals surface area contributed by atoms with Crippen molar-refractivity contribution >= 4 is 23.5 Å². The Balaban J connectivity index is 2.10. The molecule has 0 aliphatic heterocycles. The van der Waals surface area contributed by atoms with Gasteiger partial charge in [-0.2, -0.15) is 0 Å². The van der Waals surface area contributed by atoms with Crippen LogP contribution in [0.4, 0.5) is 0 Å². The Labute approximate surface area is 125 Å². The zero-order valence-corrected chi connectivity index (χ0v) is 13.2. The van der Waals surface area contributed by atoms with Gasteiger partial charge < -0.3 is 0 Å². The van der Waals surface area contributed by atoms with Crippen LogP contribution in [0.1, 0.15) is 18.1 Å². The number of thioether (sulfide) groups is 2. The van der Waals surface area contributed by atoms with Crippen LogP contribution < -0.4 is 0 Å². The first-order valence-corrected chi connectivity index (χ1v) is 8.88. The van der Waals surface area contributed by atoms with Crippen molar-refractivity contribution in [1.82, 2.24) is 0 Å². The molecule has 0 nitrogen and oxygen atoms in total. The van der Waals surface area contributed by atoms with Crippen LogP contribution in [0.15, 0.2) is 58.3 Å². The second-order valence-electron chi connectivity index (χ2n) is 4.35. The molecule has 0 radical (unpaired) electrons. The van der Waals surface area contributed by atoms with E-state index >= 15 is 0 Å². The highest BCUT2D eigenvalue weighted by Crippen LogP contribution is 2.25. The van der Waals surface area contributed by atoms with E-state index < -0.39 is 0 Å². The Morgan fingerprint density at radius 3 is 1.89 bits per heavy atom. The normalized spacial score (nSPS) is 10.6. The average molecular weight is 288 g/mol. The molecule has 100 valence electrons. The highest BCUT2D eigenvalue weighted by molar-refractivity contribution is 7.99. The molecule has 0 aliphatic carbocycles. The van der Waals surface area contributed by atoms with Crippen LogP contribution in [-0.2, 0) is 12.8 Å². The van der Waals surface area contributed by atoms with E-state index in [1.54, 1.807) is 0 Å². The first-order valence-electron chi connectivity index (χ1n) is 6.67. The molecule has 19 heavy (non-hydrogen) atoms. The minimum Gasteiger partial charge on any atom is -0.129 e. The second kappa shape index (κ2) is 7.66. The van der Waals surface area contributed by atoms with Crippen molar-refractivity contribution in [3.05, 3.63) is 59.7 Å². The number of hydrogen-bond donors (Lipinski definition) is 0. The Morgan fingerprint density at radius 2 is 1.32 bits per heavy atom. The summed E-state index contributed by atoms with van der Waals surface area (Å²) in [5.41, 5.74) is 2.94. The molecular formula is C17H20S2. The Kier molecular flexibility index (Phi) is 5.87. The van der Waals surface area contributed by atoms with Crippen molar-refractivity contribution in [2.75, 3.05) is 12.0 Å². The molecule has 0 aliphatic rings. The van der Waals surface area contributed by atoms with Gasteiger partial charge in [-0.3, -0.25) is 0 Å². The summed E-state index contributed by atoms with van der Waals surface area (Å²) < 4.78 is 0. The molecule has 0 N–H and O–H groups in total. The molecule has 0 saturated carbocycles. The Bertz CT molecular complexity index is 520. The van der Waals surface area contributed by atoms with Gasteiger partial charge in [0.15, 0.2) is 0 Å². The van der Waals surface area contributed by atoms with Crippen molar-refractivity contribution in [1.29, 1.82) is 0 Å². The third-order valence-electron chi connectivity index (χ3n) is 3.13. The fraction of sp³-hybridized carbons (Fsp3) is 0.294. The van der Waals surface area contributed by atoms with Gasteiger partial charge in [0.05, 0.1) is 0 Å². The molecule has 0 saturated heterocycles. The van der Waals surface area contributed by atoms with E-state index in [1.165, 1.54) is 20.9 Å². The minimum atomic E-state index is 1.12. The fourth-order valence-electron chi connectivity index (χ4n) is 2.19. The van der Waals surface area contributed by atoms with Crippen molar-refractivity contribution in [3.63, 3.8) is 0 Å². The van der Waals surface area contributed by atoms with E-state index in [-0.39, 0.29) is 0 Å². The molecule has 2 aromatic rings. The molecule has 2 rings (SSSR count). The highest BCUT2D eigenvalue weighted by atomic mass is 32.2. The molecule has 0 atom stereocenters. The van der Waals surface area contributed by atoms with Gasteiger partial charge in [0.2, 0.25) is 0 Å². The summed E-state index contributed by atoms with van der Waals surface area (Å²) in [4.78, 5) is 2.84. The van der Waals surface area contributed by atoms with E-state index in [0.29, 0.717) is 0 Å². The van der Waals surface area contributed by atoms with Gasteiger partial charge in [-0.25, -0.2) is 0 Å². The van der Waals surface area contributed by atoms with Gasteiger partial charge in [-0.1, -0.05) is 43.3 Å². The summed E-state index contributed by atoms with van der Waals surface area (Å²) in [5.74, 6) is 1.14. The average Bonchev–Trinajstić information content (AvgIpc) is 2.47. The first-order chi connectivity index (χ1) is 9.35. The van der Waals surface area contributed by atoms with Crippen molar-refractivity contribution in [2.24, 2.45) is 0 Å². The molecule has 0 heterocycles. The summed E-state index contributed by atoms with van der Waals surface area (Å²) in [6.45, 7) is 2.21. The highest BCUT2D eigenvalue weighted by Gasteiger charge is 2.04. The van der Waals surface area contributed by atoms with E-state index in [9.17, 15) is 0 Å². The summed E-state index contributed by atoms with van der Waals surface area (Å²) in [5, 5.41) is 0. The molecule has 0 fully saturated rings. The van der Waals surface area contributed by atoms with Crippen LogP contribution in [0.3, 0.4) is 0 Å². The number of hydrogen-bond acceptors (Lipinski definition) is 2. The Morgan fingerprint density at radius 1 is 0.789 bits per heavy atom. The van der Waals surface area contributed by atoms with Crippen molar-refractivity contribution < 1.29 is 0 Å². The van der Waals surface area contributed by atoms with Gasteiger partial charge in [0.1, 0.15) is 0 Å². The van der Waals surface area contributed by atoms with Crippen molar-refractivity contribution in [2.45, 2.75) is 29.6 Å². The lowest BCUT2D eigenvalue weighted by Crippen LogP contribution is -1.95. The third-order valence-corrected chi connectivity index (χ3v) is 4.96. The largest absolute Gasteiger partial charge is 0.129 e. The van der Waals surface area contributed by atoms with Crippen LogP contribution in [0.5, 0.6) is 0 Å². The number of aryl methyl sites for hydroxylation is 2. The predicted molar refractivity (Wildman–Crippen MR) is 88.5 cm³/mol. The first kappa shape index (κ1) is 14.5. The quantitative estimate of drug-likeness (QED) is 0.661. The molecule has 2 aromatic carbocycles. The van der Waals surface area contributed by atoms with E-state index in [0.717, 1.165) is 18.6 Å². The second-order valence-corrected chi connectivity index (χ2v) is 6.51. The van der Waals surface area contributed by atoms with Gasteiger partial charge in [-0.05, 0) is 48.1 Å². The number of rotatable bonds is 6. The molecule has 2 heteroatoms.